The first-order valence-electron chi connectivity index (χ1n) is 4.99. The summed E-state index contributed by atoms with van der Waals surface area (Å²) in [6, 6.07) is 4.03. The Morgan fingerprint density at radius 3 is 2.53 bits per heavy atom. The Balaban J connectivity index is 3.31. The highest BCUT2D eigenvalue weighted by Gasteiger charge is 2.09. The van der Waals surface area contributed by atoms with Gasteiger partial charge in [-0.1, -0.05) is 13.8 Å². The lowest BCUT2D eigenvalue weighted by molar-refractivity contribution is 0.416. The largest absolute Gasteiger partial charge is 0.495 e. The molecule has 0 spiro atoms. The van der Waals surface area contributed by atoms with Crippen LogP contribution in [0.1, 0.15) is 30.9 Å². The third kappa shape index (κ3) is 2.49. The van der Waals surface area contributed by atoms with Gasteiger partial charge < -0.3 is 10.5 Å². The van der Waals surface area contributed by atoms with Gasteiger partial charge in [0.15, 0.2) is 0 Å². The van der Waals surface area contributed by atoms with E-state index in [2.05, 4.69) is 24.9 Å². The van der Waals surface area contributed by atoms with Crippen molar-refractivity contribution in [2.45, 2.75) is 19.8 Å². The van der Waals surface area contributed by atoms with Gasteiger partial charge in [0.1, 0.15) is 5.75 Å². The van der Waals surface area contributed by atoms with Crippen LogP contribution >= 0.6 is 0 Å². The first-order chi connectivity index (χ1) is 7.10. The fourth-order valence-electron chi connectivity index (χ4n) is 1.42. The van der Waals surface area contributed by atoms with E-state index in [1.807, 2.05) is 6.07 Å². The molecular weight excluding hydrogens is 188 g/mol. The maximum absolute atomic E-state index is 5.93. The molecule has 0 aliphatic heterocycles. The summed E-state index contributed by atoms with van der Waals surface area (Å²) in [4.78, 5) is 3.98. The van der Waals surface area contributed by atoms with Gasteiger partial charge in [-0.3, -0.25) is 4.99 Å². The number of aliphatic imine (C=N–C) groups is 1. The molecule has 3 heteroatoms. The molecule has 2 N–H and O–H groups in total. The number of rotatable bonds is 3. The molecule has 0 amide bonds. The van der Waals surface area contributed by atoms with Gasteiger partial charge in [0.25, 0.3) is 0 Å². The van der Waals surface area contributed by atoms with E-state index in [-0.39, 0.29) is 0 Å². The van der Waals surface area contributed by atoms with Gasteiger partial charge in [-0.2, -0.15) is 0 Å². The number of nitrogen functional groups attached to an aromatic ring is 1. The van der Waals surface area contributed by atoms with Crippen molar-refractivity contribution in [3.8, 4) is 5.75 Å². The van der Waals surface area contributed by atoms with Gasteiger partial charge in [0, 0.05) is 18.8 Å². The van der Waals surface area contributed by atoms with E-state index in [0.717, 1.165) is 11.3 Å². The zero-order valence-electron chi connectivity index (χ0n) is 9.74. The lowest BCUT2D eigenvalue weighted by Gasteiger charge is -2.12. The minimum absolute atomic E-state index is 0.448. The number of nitrogens with two attached hydrogens (primary N) is 1. The van der Waals surface area contributed by atoms with Crippen molar-refractivity contribution in [2.75, 3.05) is 19.9 Å². The van der Waals surface area contributed by atoms with Crippen molar-refractivity contribution in [1.82, 2.24) is 0 Å². The van der Waals surface area contributed by atoms with Crippen molar-refractivity contribution in [2.24, 2.45) is 4.99 Å². The molecule has 82 valence electrons. The fraction of sp³-hybridized carbons (Fsp3) is 0.417. The van der Waals surface area contributed by atoms with Crippen molar-refractivity contribution >= 4 is 11.9 Å². The van der Waals surface area contributed by atoms with E-state index in [0.29, 0.717) is 11.6 Å². The highest BCUT2D eigenvalue weighted by atomic mass is 16.5. The maximum atomic E-state index is 5.93. The summed E-state index contributed by atoms with van der Waals surface area (Å²) < 4.78 is 5.24. The molecule has 1 rings (SSSR count). The van der Waals surface area contributed by atoms with E-state index in [4.69, 9.17) is 10.5 Å². The van der Waals surface area contributed by atoms with Crippen LogP contribution in [0.25, 0.3) is 0 Å². The monoisotopic (exact) mass is 206 g/mol. The number of hydrogen-bond acceptors (Lipinski definition) is 3. The molecule has 3 nitrogen and oxygen atoms in total. The van der Waals surface area contributed by atoms with E-state index < -0.39 is 0 Å². The molecule has 0 radical (unpaired) electrons. The van der Waals surface area contributed by atoms with Gasteiger partial charge >= 0.3 is 0 Å². The SMILES string of the molecule is CN=Cc1cc(C(C)C)cc(OC)c1N. The summed E-state index contributed by atoms with van der Waals surface area (Å²) in [5.41, 5.74) is 8.70. The normalized spacial score (nSPS) is 11.3. The predicted molar refractivity (Wildman–Crippen MR) is 65.0 cm³/mol. The zero-order valence-corrected chi connectivity index (χ0v) is 9.74. The number of methoxy groups -OCH3 is 1. The number of anilines is 1. The minimum Gasteiger partial charge on any atom is -0.495 e. The number of benzene rings is 1. The second-order valence-electron chi connectivity index (χ2n) is 3.77. The lowest BCUT2D eigenvalue weighted by Crippen LogP contribution is -2.00. The second kappa shape index (κ2) is 4.82. The number of nitrogens with zero attached hydrogens (tertiary/aromatic N) is 1. The molecule has 0 aliphatic carbocycles. The summed E-state index contributed by atoms with van der Waals surface area (Å²) >= 11 is 0. The van der Waals surface area contributed by atoms with E-state index in [9.17, 15) is 0 Å². The van der Waals surface area contributed by atoms with Gasteiger partial charge in [-0.25, -0.2) is 0 Å². The summed E-state index contributed by atoms with van der Waals surface area (Å²) in [7, 11) is 3.36. The average molecular weight is 206 g/mol. The summed E-state index contributed by atoms with van der Waals surface area (Å²) in [5.74, 6) is 1.17. The first kappa shape index (κ1) is 11.6. The molecule has 0 saturated heterocycles. The Labute approximate surface area is 91.0 Å². The lowest BCUT2D eigenvalue weighted by atomic mass is 9.99. The average Bonchev–Trinajstić information content (AvgIpc) is 2.21. The molecular formula is C12H18N2O. The highest BCUT2D eigenvalue weighted by molar-refractivity contribution is 5.89. The summed E-state index contributed by atoms with van der Waals surface area (Å²) in [5, 5.41) is 0. The van der Waals surface area contributed by atoms with Gasteiger partial charge in [0.2, 0.25) is 0 Å². The Morgan fingerprint density at radius 2 is 2.07 bits per heavy atom. The minimum atomic E-state index is 0.448. The standard InChI is InChI=1S/C12H18N2O/c1-8(2)9-5-10(7-14-3)12(13)11(6-9)15-4/h5-8H,13H2,1-4H3. The Bertz CT molecular complexity index is 370. The van der Waals surface area contributed by atoms with Crippen LogP contribution in [0.3, 0.4) is 0 Å². The van der Waals surface area contributed by atoms with Gasteiger partial charge in [-0.15, -0.1) is 0 Å². The quantitative estimate of drug-likeness (QED) is 0.610. The van der Waals surface area contributed by atoms with E-state index >= 15 is 0 Å². The summed E-state index contributed by atoms with van der Waals surface area (Å²) in [6.07, 6.45) is 1.75. The van der Waals surface area contributed by atoms with Crippen molar-refractivity contribution < 1.29 is 4.74 Å². The first-order valence-corrected chi connectivity index (χ1v) is 4.99. The molecule has 0 aliphatic rings. The zero-order chi connectivity index (χ0) is 11.4. The molecule has 0 unspecified atom stereocenters. The van der Waals surface area contributed by atoms with Crippen LogP contribution < -0.4 is 10.5 Å². The van der Waals surface area contributed by atoms with Crippen LogP contribution in [0.5, 0.6) is 5.75 Å². The Hall–Kier alpha value is -1.51. The van der Waals surface area contributed by atoms with Gasteiger partial charge in [-0.05, 0) is 23.6 Å². The number of hydrogen-bond donors (Lipinski definition) is 1. The molecule has 0 atom stereocenters. The van der Waals surface area contributed by atoms with Crippen LogP contribution in [-0.4, -0.2) is 20.4 Å². The van der Waals surface area contributed by atoms with Crippen LogP contribution in [0.2, 0.25) is 0 Å². The maximum Gasteiger partial charge on any atom is 0.142 e. The van der Waals surface area contributed by atoms with Crippen LogP contribution in [0, 0.1) is 0 Å². The smallest absolute Gasteiger partial charge is 0.142 e. The molecule has 1 aromatic carbocycles. The second-order valence-corrected chi connectivity index (χ2v) is 3.77. The fourth-order valence-corrected chi connectivity index (χ4v) is 1.42. The predicted octanol–water partition coefficient (Wildman–Crippen LogP) is 2.45. The van der Waals surface area contributed by atoms with Crippen molar-refractivity contribution in [3.63, 3.8) is 0 Å². The number of ether oxygens (including phenoxy) is 1. The molecule has 15 heavy (non-hydrogen) atoms. The molecule has 1 aromatic rings. The van der Waals surface area contributed by atoms with Crippen LogP contribution in [0.4, 0.5) is 5.69 Å². The Morgan fingerprint density at radius 1 is 1.40 bits per heavy atom. The van der Waals surface area contributed by atoms with Gasteiger partial charge in [0.05, 0.1) is 12.8 Å². The molecule has 0 heterocycles. The topological polar surface area (TPSA) is 47.6 Å². The highest BCUT2D eigenvalue weighted by Crippen LogP contribution is 2.29. The van der Waals surface area contributed by atoms with Crippen molar-refractivity contribution in [1.29, 1.82) is 0 Å². The van der Waals surface area contributed by atoms with Crippen LogP contribution in [0.15, 0.2) is 17.1 Å². The molecule has 0 bridgehead atoms. The van der Waals surface area contributed by atoms with Crippen LogP contribution in [-0.2, 0) is 0 Å². The van der Waals surface area contributed by atoms with E-state index in [1.165, 1.54) is 5.56 Å². The molecule has 0 fully saturated rings. The molecule has 0 saturated carbocycles. The summed E-state index contributed by atoms with van der Waals surface area (Å²) in [6.45, 7) is 4.27. The third-order valence-corrected chi connectivity index (χ3v) is 2.35. The Kier molecular flexibility index (Phi) is 3.72. The molecule has 0 aromatic heterocycles. The van der Waals surface area contributed by atoms with Crippen molar-refractivity contribution in [3.05, 3.63) is 23.3 Å². The third-order valence-electron chi connectivity index (χ3n) is 2.35. The van der Waals surface area contributed by atoms with E-state index in [1.54, 1.807) is 20.4 Å².